The molecule has 4 nitrogen and oxygen atoms in total. The molecule has 0 aliphatic rings. The molecule has 2 rings (SSSR count). The Kier molecular flexibility index (Phi) is 4.20. The second kappa shape index (κ2) is 6.06. The summed E-state index contributed by atoms with van der Waals surface area (Å²) in [4.78, 5) is 11.5. The summed E-state index contributed by atoms with van der Waals surface area (Å²) in [5.41, 5.74) is 8.14. The first-order chi connectivity index (χ1) is 9.60. The van der Waals surface area contributed by atoms with E-state index in [2.05, 4.69) is 10.1 Å². The zero-order valence-corrected chi connectivity index (χ0v) is 11.0. The Hall–Kier alpha value is -2.56. The number of carbonyl (C=O) groups is 1. The summed E-state index contributed by atoms with van der Waals surface area (Å²) in [6.45, 7) is 0.409. The van der Waals surface area contributed by atoms with Gasteiger partial charge in [0.2, 0.25) is 0 Å². The highest BCUT2D eigenvalue weighted by atomic mass is 19.1. The van der Waals surface area contributed by atoms with Crippen molar-refractivity contribution < 1.29 is 13.9 Å². The lowest BCUT2D eigenvalue weighted by atomic mass is 10.1. The zero-order chi connectivity index (χ0) is 14.5. The van der Waals surface area contributed by atoms with Gasteiger partial charge in [0.25, 0.3) is 0 Å². The summed E-state index contributed by atoms with van der Waals surface area (Å²) in [7, 11) is 1.32. The molecule has 5 heteroatoms. The summed E-state index contributed by atoms with van der Waals surface area (Å²) in [5.74, 6) is -0.723. The molecule has 0 bridgehead atoms. The standard InChI is InChI=1S/C15H15FN2O2/c1-20-15(19)11-5-6-13(17)14(8-11)18-9-10-3-2-4-12(16)7-10/h2-8,18H,9,17H2,1H3. The molecule has 0 heterocycles. The molecule has 0 atom stereocenters. The van der Waals surface area contributed by atoms with Gasteiger partial charge < -0.3 is 15.8 Å². The molecule has 0 fully saturated rings. The van der Waals surface area contributed by atoms with Gasteiger partial charge in [0.15, 0.2) is 0 Å². The minimum Gasteiger partial charge on any atom is -0.465 e. The van der Waals surface area contributed by atoms with Crippen LogP contribution in [-0.2, 0) is 11.3 Å². The van der Waals surface area contributed by atoms with Gasteiger partial charge in [-0.2, -0.15) is 0 Å². The summed E-state index contributed by atoms with van der Waals surface area (Å²) in [5, 5.41) is 3.08. The zero-order valence-electron chi connectivity index (χ0n) is 11.0. The van der Waals surface area contributed by atoms with Gasteiger partial charge in [-0.05, 0) is 35.9 Å². The van der Waals surface area contributed by atoms with Crippen LogP contribution in [0.15, 0.2) is 42.5 Å². The predicted molar refractivity (Wildman–Crippen MR) is 75.9 cm³/mol. The Morgan fingerprint density at radius 2 is 2.10 bits per heavy atom. The van der Waals surface area contributed by atoms with Crippen molar-refractivity contribution >= 4 is 17.3 Å². The van der Waals surface area contributed by atoms with Crippen molar-refractivity contribution in [3.63, 3.8) is 0 Å². The third-order valence-electron chi connectivity index (χ3n) is 2.85. The van der Waals surface area contributed by atoms with Gasteiger partial charge in [-0.25, -0.2) is 9.18 Å². The van der Waals surface area contributed by atoms with E-state index in [9.17, 15) is 9.18 Å². The predicted octanol–water partition coefficient (Wildman–Crippen LogP) is 2.81. The quantitative estimate of drug-likeness (QED) is 0.664. The normalized spacial score (nSPS) is 10.1. The molecule has 0 aliphatic heterocycles. The number of esters is 1. The molecule has 0 aliphatic carbocycles. The van der Waals surface area contributed by atoms with E-state index in [1.807, 2.05) is 0 Å². The Labute approximate surface area is 116 Å². The number of halogens is 1. The van der Waals surface area contributed by atoms with Crippen LogP contribution in [0.25, 0.3) is 0 Å². The van der Waals surface area contributed by atoms with E-state index in [1.54, 1.807) is 30.3 Å². The highest BCUT2D eigenvalue weighted by molar-refractivity contribution is 5.91. The van der Waals surface area contributed by atoms with Gasteiger partial charge in [0.05, 0.1) is 24.0 Å². The molecule has 0 aromatic heterocycles. The SMILES string of the molecule is COC(=O)c1ccc(N)c(NCc2cccc(F)c2)c1. The van der Waals surface area contributed by atoms with Crippen molar-refractivity contribution in [2.24, 2.45) is 0 Å². The van der Waals surface area contributed by atoms with E-state index >= 15 is 0 Å². The van der Waals surface area contributed by atoms with Crippen LogP contribution in [-0.4, -0.2) is 13.1 Å². The maximum Gasteiger partial charge on any atom is 0.337 e. The first-order valence-corrected chi connectivity index (χ1v) is 6.06. The lowest BCUT2D eigenvalue weighted by molar-refractivity contribution is 0.0601. The number of carbonyl (C=O) groups excluding carboxylic acids is 1. The second-order valence-corrected chi connectivity index (χ2v) is 4.28. The van der Waals surface area contributed by atoms with Crippen molar-refractivity contribution in [2.45, 2.75) is 6.54 Å². The molecule has 0 radical (unpaired) electrons. The number of nitrogens with one attached hydrogen (secondary N) is 1. The van der Waals surface area contributed by atoms with Crippen molar-refractivity contribution in [3.8, 4) is 0 Å². The lowest BCUT2D eigenvalue weighted by Gasteiger charge is -2.11. The van der Waals surface area contributed by atoms with E-state index in [4.69, 9.17) is 5.73 Å². The second-order valence-electron chi connectivity index (χ2n) is 4.28. The summed E-state index contributed by atoms with van der Waals surface area (Å²) < 4.78 is 17.7. The smallest absolute Gasteiger partial charge is 0.337 e. The highest BCUT2D eigenvalue weighted by Gasteiger charge is 2.08. The average molecular weight is 274 g/mol. The van der Waals surface area contributed by atoms with Crippen molar-refractivity contribution in [2.75, 3.05) is 18.2 Å². The first kappa shape index (κ1) is 13.9. The molecule has 0 spiro atoms. The number of benzene rings is 2. The van der Waals surface area contributed by atoms with Gasteiger partial charge in [-0.15, -0.1) is 0 Å². The number of rotatable bonds is 4. The van der Waals surface area contributed by atoms with E-state index in [0.717, 1.165) is 5.56 Å². The maximum atomic E-state index is 13.1. The van der Waals surface area contributed by atoms with Crippen LogP contribution >= 0.6 is 0 Å². The fourth-order valence-corrected chi connectivity index (χ4v) is 1.80. The maximum absolute atomic E-state index is 13.1. The van der Waals surface area contributed by atoms with Crippen molar-refractivity contribution in [3.05, 3.63) is 59.4 Å². The molecule has 2 aromatic rings. The fraction of sp³-hybridized carbons (Fsp3) is 0.133. The molecule has 2 aromatic carbocycles. The topological polar surface area (TPSA) is 64.3 Å². The van der Waals surface area contributed by atoms with Crippen molar-refractivity contribution in [1.29, 1.82) is 0 Å². The monoisotopic (exact) mass is 274 g/mol. The van der Waals surface area contributed by atoms with Crippen LogP contribution in [0.3, 0.4) is 0 Å². The molecule has 3 N–H and O–H groups in total. The van der Waals surface area contributed by atoms with Crippen LogP contribution in [0.1, 0.15) is 15.9 Å². The minimum atomic E-state index is -0.432. The highest BCUT2D eigenvalue weighted by Crippen LogP contribution is 2.21. The van der Waals surface area contributed by atoms with Gasteiger partial charge >= 0.3 is 5.97 Å². The minimum absolute atomic E-state index is 0.291. The average Bonchev–Trinajstić information content (AvgIpc) is 2.45. The number of ether oxygens (including phenoxy) is 1. The van der Waals surface area contributed by atoms with E-state index < -0.39 is 5.97 Å². The number of hydrogen-bond acceptors (Lipinski definition) is 4. The van der Waals surface area contributed by atoms with Gasteiger partial charge in [0.1, 0.15) is 5.82 Å². The van der Waals surface area contributed by atoms with Gasteiger partial charge in [0, 0.05) is 6.54 Å². The Morgan fingerprint density at radius 1 is 1.30 bits per heavy atom. The largest absolute Gasteiger partial charge is 0.465 e. The van der Waals surface area contributed by atoms with Gasteiger partial charge in [-0.1, -0.05) is 12.1 Å². The van der Waals surface area contributed by atoms with Gasteiger partial charge in [-0.3, -0.25) is 0 Å². The van der Waals surface area contributed by atoms with Crippen LogP contribution < -0.4 is 11.1 Å². The Bertz CT molecular complexity index is 629. The molecule has 104 valence electrons. The van der Waals surface area contributed by atoms with E-state index in [0.29, 0.717) is 23.5 Å². The van der Waals surface area contributed by atoms with Crippen LogP contribution in [0, 0.1) is 5.82 Å². The van der Waals surface area contributed by atoms with Crippen LogP contribution in [0.4, 0.5) is 15.8 Å². The summed E-state index contributed by atoms with van der Waals surface area (Å²) in [6.07, 6.45) is 0. The molecule has 0 amide bonds. The molecular formula is C15H15FN2O2. The third-order valence-corrected chi connectivity index (χ3v) is 2.85. The third kappa shape index (κ3) is 3.26. The fourth-order valence-electron chi connectivity index (χ4n) is 1.80. The molecule has 0 saturated heterocycles. The van der Waals surface area contributed by atoms with E-state index in [-0.39, 0.29) is 5.82 Å². The molecule has 20 heavy (non-hydrogen) atoms. The number of anilines is 2. The summed E-state index contributed by atoms with van der Waals surface area (Å²) in [6, 6.07) is 11.1. The summed E-state index contributed by atoms with van der Waals surface area (Å²) >= 11 is 0. The van der Waals surface area contributed by atoms with Crippen LogP contribution in [0.2, 0.25) is 0 Å². The van der Waals surface area contributed by atoms with Crippen LogP contribution in [0.5, 0.6) is 0 Å². The number of hydrogen-bond donors (Lipinski definition) is 2. The molecule has 0 saturated carbocycles. The Balaban J connectivity index is 2.14. The molecular weight excluding hydrogens is 259 g/mol. The number of nitrogen functional groups attached to an aromatic ring is 1. The van der Waals surface area contributed by atoms with E-state index in [1.165, 1.54) is 19.2 Å². The number of methoxy groups -OCH3 is 1. The number of nitrogens with two attached hydrogens (primary N) is 1. The van der Waals surface area contributed by atoms with Crippen molar-refractivity contribution in [1.82, 2.24) is 0 Å². The molecule has 0 unspecified atom stereocenters. The lowest BCUT2D eigenvalue weighted by Crippen LogP contribution is -2.06. The Morgan fingerprint density at radius 3 is 2.80 bits per heavy atom. The first-order valence-electron chi connectivity index (χ1n) is 6.06.